The molecule has 1 unspecified atom stereocenters. The Kier molecular flexibility index (Phi) is 3.98. The highest BCUT2D eigenvalue weighted by atomic mass is 15.3. The molecule has 3 aliphatic heterocycles. The van der Waals surface area contributed by atoms with Crippen LogP contribution in [0.4, 0.5) is 0 Å². The Morgan fingerprint density at radius 1 is 1.17 bits per heavy atom. The van der Waals surface area contributed by atoms with Crippen molar-refractivity contribution in [3.8, 4) is 0 Å². The van der Waals surface area contributed by atoms with Crippen molar-refractivity contribution in [2.75, 3.05) is 13.1 Å². The number of nitrogens with zero attached hydrogens (tertiary/aromatic N) is 2. The first-order chi connectivity index (χ1) is 11.3. The number of nitrogens with one attached hydrogen (secondary N) is 1. The lowest BCUT2D eigenvalue weighted by Gasteiger charge is -2.55. The molecule has 5 rings (SSSR count). The number of benzene rings is 1. The third-order valence-electron chi connectivity index (χ3n) is 5.01. The van der Waals surface area contributed by atoms with Crippen LogP contribution < -0.4 is 5.32 Å². The molecule has 3 aliphatic rings. The van der Waals surface area contributed by atoms with E-state index in [0.29, 0.717) is 18.0 Å². The van der Waals surface area contributed by atoms with Gasteiger partial charge in [0.25, 0.3) is 0 Å². The first-order valence-electron chi connectivity index (χ1n) is 8.43. The average molecular weight is 305 g/mol. The maximum atomic E-state index is 4.22. The monoisotopic (exact) mass is 305 g/mol. The number of pyridine rings is 1. The molecule has 0 radical (unpaired) electrons. The molecule has 1 aromatic heterocycles. The predicted molar refractivity (Wildman–Crippen MR) is 94.1 cm³/mol. The largest absolute Gasteiger partial charge is 0.307 e. The quantitative estimate of drug-likeness (QED) is 0.941. The van der Waals surface area contributed by atoms with Crippen LogP contribution >= 0.6 is 0 Å². The van der Waals surface area contributed by atoms with Crippen molar-refractivity contribution >= 4 is 6.08 Å². The smallest absolute Gasteiger partial charge is 0.0312 e. The minimum atomic E-state index is 0.581. The number of hydrogen-bond donors (Lipinski definition) is 1. The van der Waals surface area contributed by atoms with E-state index in [4.69, 9.17) is 0 Å². The fraction of sp³-hybridized carbons (Fsp3) is 0.350. The average Bonchev–Trinajstić information content (AvgIpc) is 2.58. The SMILES string of the molecule is C/C=C/c1ccc(C2[C@@H]3CN(Cc4cccnc4)C[C@H]2N3)cc1. The fourth-order valence-electron chi connectivity index (χ4n) is 3.97. The van der Waals surface area contributed by atoms with Gasteiger partial charge in [-0.15, -0.1) is 0 Å². The highest BCUT2D eigenvalue weighted by Gasteiger charge is 2.46. The van der Waals surface area contributed by atoms with E-state index in [1.807, 2.05) is 18.5 Å². The molecule has 3 fully saturated rings. The van der Waals surface area contributed by atoms with Crippen molar-refractivity contribution < 1.29 is 0 Å². The zero-order valence-corrected chi connectivity index (χ0v) is 13.5. The van der Waals surface area contributed by atoms with E-state index in [1.165, 1.54) is 16.7 Å². The number of piperidine rings is 1. The molecule has 0 saturated carbocycles. The van der Waals surface area contributed by atoms with E-state index in [0.717, 1.165) is 19.6 Å². The van der Waals surface area contributed by atoms with Gasteiger partial charge in [0.1, 0.15) is 0 Å². The third-order valence-corrected chi connectivity index (χ3v) is 5.01. The van der Waals surface area contributed by atoms with Gasteiger partial charge in [-0.05, 0) is 29.7 Å². The summed E-state index contributed by atoms with van der Waals surface area (Å²) < 4.78 is 0. The first-order valence-corrected chi connectivity index (χ1v) is 8.43. The second kappa shape index (κ2) is 6.26. The number of rotatable bonds is 4. The second-order valence-electron chi connectivity index (χ2n) is 6.63. The van der Waals surface area contributed by atoms with Gasteiger partial charge in [-0.3, -0.25) is 9.88 Å². The summed E-state index contributed by atoms with van der Waals surface area (Å²) in [5, 5.41) is 3.71. The van der Waals surface area contributed by atoms with Crippen LogP contribution in [0.3, 0.4) is 0 Å². The van der Waals surface area contributed by atoms with Gasteiger partial charge in [-0.2, -0.15) is 0 Å². The molecule has 1 aromatic carbocycles. The lowest BCUT2D eigenvalue weighted by molar-refractivity contribution is 0.0470. The van der Waals surface area contributed by atoms with Gasteiger partial charge in [0, 0.05) is 50.0 Å². The molecule has 0 amide bonds. The van der Waals surface area contributed by atoms with Crippen LogP contribution in [0, 0.1) is 0 Å². The first kappa shape index (κ1) is 14.6. The molecule has 3 atom stereocenters. The molecule has 4 heterocycles. The van der Waals surface area contributed by atoms with Crippen LogP contribution in [0.2, 0.25) is 0 Å². The van der Waals surface area contributed by atoms with Crippen molar-refractivity contribution in [3.05, 3.63) is 71.6 Å². The highest BCUT2D eigenvalue weighted by Crippen LogP contribution is 2.37. The summed E-state index contributed by atoms with van der Waals surface area (Å²) in [6.07, 6.45) is 8.06. The molecular weight excluding hydrogens is 282 g/mol. The molecule has 3 nitrogen and oxygen atoms in total. The van der Waals surface area contributed by atoms with Gasteiger partial charge in [0.05, 0.1) is 0 Å². The van der Waals surface area contributed by atoms with Crippen molar-refractivity contribution in [2.24, 2.45) is 0 Å². The summed E-state index contributed by atoms with van der Waals surface area (Å²) in [6, 6.07) is 14.4. The topological polar surface area (TPSA) is 28.2 Å². The zero-order chi connectivity index (χ0) is 15.6. The van der Waals surface area contributed by atoms with E-state index in [-0.39, 0.29) is 0 Å². The van der Waals surface area contributed by atoms with E-state index < -0.39 is 0 Å². The van der Waals surface area contributed by atoms with Gasteiger partial charge in [0.15, 0.2) is 0 Å². The number of allylic oxidation sites excluding steroid dienone is 1. The van der Waals surface area contributed by atoms with Gasteiger partial charge < -0.3 is 5.32 Å². The Morgan fingerprint density at radius 2 is 1.96 bits per heavy atom. The van der Waals surface area contributed by atoms with Gasteiger partial charge in [-0.25, -0.2) is 0 Å². The summed E-state index contributed by atoms with van der Waals surface area (Å²) in [7, 11) is 0. The number of aromatic nitrogens is 1. The van der Waals surface area contributed by atoms with Crippen LogP contribution in [-0.2, 0) is 6.54 Å². The van der Waals surface area contributed by atoms with Crippen LogP contribution in [-0.4, -0.2) is 35.1 Å². The lowest BCUT2D eigenvalue weighted by Crippen LogP contribution is -2.71. The summed E-state index contributed by atoms with van der Waals surface area (Å²) in [4.78, 5) is 6.77. The van der Waals surface area contributed by atoms with Crippen LogP contribution in [0.5, 0.6) is 0 Å². The second-order valence-corrected chi connectivity index (χ2v) is 6.63. The maximum absolute atomic E-state index is 4.22. The molecular formula is C20H23N3. The van der Waals surface area contributed by atoms with Gasteiger partial charge in [-0.1, -0.05) is 42.5 Å². The van der Waals surface area contributed by atoms with Crippen LogP contribution in [0.15, 0.2) is 54.9 Å². The molecule has 118 valence electrons. The lowest BCUT2D eigenvalue weighted by atomic mass is 9.74. The number of fused-ring (bicyclic) bond motifs is 2. The Labute approximate surface area is 138 Å². The summed E-state index contributed by atoms with van der Waals surface area (Å²) >= 11 is 0. The molecule has 1 N–H and O–H groups in total. The van der Waals surface area contributed by atoms with Crippen LogP contribution in [0.25, 0.3) is 6.08 Å². The van der Waals surface area contributed by atoms with Crippen molar-refractivity contribution in [3.63, 3.8) is 0 Å². The highest BCUT2D eigenvalue weighted by molar-refractivity contribution is 5.50. The van der Waals surface area contributed by atoms with Crippen molar-refractivity contribution in [1.82, 2.24) is 15.2 Å². The normalized spacial score (nSPS) is 27.1. The van der Waals surface area contributed by atoms with Gasteiger partial charge >= 0.3 is 0 Å². The van der Waals surface area contributed by atoms with Crippen LogP contribution in [0.1, 0.15) is 29.5 Å². The van der Waals surface area contributed by atoms with Crippen molar-refractivity contribution in [2.45, 2.75) is 31.5 Å². The molecule has 0 spiro atoms. The fourth-order valence-corrected chi connectivity index (χ4v) is 3.97. The molecule has 3 saturated heterocycles. The van der Waals surface area contributed by atoms with E-state index in [1.54, 1.807) is 0 Å². The third kappa shape index (κ3) is 2.94. The Morgan fingerprint density at radius 3 is 2.61 bits per heavy atom. The molecule has 0 aliphatic carbocycles. The molecule has 2 bridgehead atoms. The molecule has 23 heavy (non-hydrogen) atoms. The Balaban J connectivity index is 1.41. The minimum Gasteiger partial charge on any atom is -0.307 e. The Hall–Kier alpha value is -1.97. The summed E-state index contributed by atoms with van der Waals surface area (Å²) in [5.74, 6) is 0.666. The Bertz CT molecular complexity index is 666. The predicted octanol–water partition coefficient (Wildman–Crippen LogP) is 3.05. The minimum absolute atomic E-state index is 0.581. The van der Waals surface area contributed by atoms with Gasteiger partial charge in [0.2, 0.25) is 0 Å². The zero-order valence-electron chi connectivity index (χ0n) is 13.5. The molecule has 3 heteroatoms. The van der Waals surface area contributed by atoms with Crippen molar-refractivity contribution in [1.29, 1.82) is 0 Å². The maximum Gasteiger partial charge on any atom is 0.0312 e. The van der Waals surface area contributed by atoms with E-state index >= 15 is 0 Å². The standard InChI is InChI=1S/C20H23N3/c1-2-4-15-6-8-17(9-7-15)20-18-13-23(14-19(20)22-18)12-16-5-3-10-21-11-16/h2-11,18-20,22H,12-14H2,1H3/b4-2+/t18-,19+,20?. The molecule has 2 aromatic rings. The summed E-state index contributed by atoms with van der Waals surface area (Å²) in [5.41, 5.74) is 4.07. The number of hydrogen-bond acceptors (Lipinski definition) is 3. The van der Waals surface area contributed by atoms with E-state index in [9.17, 15) is 0 Å². The number of piperazine rings is 1. The van der Waals surface area contributed by atoms with E-state index in [2.05, 4.69) is 64.6 Å². The summed E-state index contributed by atoms with van der Waals surface area (Å²) in [6.45, 7) is 5.31.